The topological polar surface area (TPSA) is 20.2 Å². The van der Waals surface area contributed by atoms with Crippen LogP contribution in [0.5, 0.6) is 0 Å². The van der Waals surface area contributed by atoms with Gasteiger partial charge < -0.3 is 5.11 Å². The van der Waals surface area contributed by atoms with E-state index in [2.05, 4.69) is 0 Å². The third kappa shape index (κ3) is 3.33. The minimum atomic E-state index is -7.19. The van der Waals surface area contributed by atoms with Gasteiger partial charge in [-0.05, 0) is 51.5 Å². The Hall–Kier alpha value is -0.340. The summed E-state index contributed by atoms with van der Waals surface area (Å²) < 4.78 is 148. The van der Waals surface area contributed by atoms with Crippen LogP contribution in [0.4, 0.5) is 48.3 Å². The minimum absolute atomic E-state index is 0.0466. The average molecular weight is 534 g/mol. The first-order chi connectivity index (χ1) is 12.0. The lowest BCUT2D eigenvalue weighted by atomic mass is 9.72. The SMILES string of the molecule is OCCCCCCC(I)=CC1(F)C(F)(F)C(F)(F)C(F)(F)C(F)(F)C1(F)F. The van der Waals surface area contributed by atoms with E-state index in [9.17, 15) is 48.3 Å². The van der Waals surface area contributed by atoms with Crippen molar-refractivity contribution in [3.8, 4) is 0 Å². The fraction of sp³-hybridized carbons (Fsp3) is 0.857. The molecule has 0 heterocycles. The van der Waals surface area contributed by atoms with Gasteiger partial charge >= 0.3 is 29.6 Å². The first kappa shape index (κ1) is 24.7. The van der Waals surface area contributed by atoms with Gasteiger partial charge in [0.15, 0.2) is 0 Å². The van der Waals surface area contributed by atoms with Crippen LogP contribution in [0.2, 0.25) is 0 Å². The van der Waals surface area contributed by atoms with E-state index in [1.807, 2.05) is 0 Å². The number of unbranched alkanes of at least 4 members (excludes halogenated alkanes) is 3. The van der Waals surface area contributed by atoms with Crippen LogP contribution in [0.3, 0.4) is 0 Å². The molecule has 0 radical (unpaired) electrons. The van der Waals surface area contributed by atoms with Gasteiger partial charge in [-0.15, -0.1) is 0 Å². The number of halogens is 12. The highest BCUT2D eigenvalue weighted by Gasteiger charge is 3.00. The largest absolute Gasteiger partial charge is 0.396 e. The molecule has 1 aliphatic carbocycles. The molecule has 0 spiro atoms. The van der Waals surface area contributed by atoms with Gasteiger partial charge in [0.1, 0.15) is 0 Å². The number of hydrogen-bond donors (Lipinski definition) is 1. The lowest BCUT2D eigenvalue weighted by molar-refractivity contribution is -0.476. The predicted molar refractivity (Wildman–Crippen MR) is 80.8 cm³/mol. The number of allylic oxidation sites excluding steroid dienone is 2. The zero-order chi connectivity index (χ0) is 21.5. The number of alkyl halides is 11. The van der Waals surface area contributed by atoms with E-state index < -0.39 is 51.4 Å². The molecule has 0 atom stereocenters. The molecular weight excluding hydrogens is 520 g/mol. The predicted octanol–water partition coefficient (Wildman–Crippen LogP) is 6.15. The van der Waals surface area contributed by atoms with Crippen molar-refractivity contribution in [3.63, 3.8) is 0 Å². The van der Waals surface area contributed by atoms with Gasteiger partial charge in [-0.3, -0.25) is 0 Å². The van der Waals surface area contributed by atoms with Gasteiger partial charge in [0.2, 0.25) is 0 Å². The molecule has 13 heteroatoms. The molecule has 27 heavy (non-hydrogen) atoms. The third-order valence-corrected chi connectivity index (χ3v) is 5.02. The van der Waals surface area contributed by atoms with E-state index in [1.54, 1.807) is 0 Å². The molecule has 1 fully saturated rings. The van der Waals surface area contributed by atoms with Crippen LogP contribution in [-0.2, 0) is 0 Å². The summed E-state index contributed by atoms with van der Waals surface area (Å²) in [7, 11) is 0. The standard InChI is InChI=1S/C14H14F11IO/c15-9(7-8(26)5-3-1-2-4-6-27)10(16,17)12(20,21)14(24,25)13(22,23)11(9,18)19/h7,27H,1-6H2. The van der Waals surface area contributed by atoms with Crippen molar-refractivity contribution in [1.82, 2.24) is 0 Å². The van der Waals surface area contributed by atoms with Crippen molar-refractivity contribution in [1.29, 1.82) is 0 Å². The van der Waals surface area contributed by atoms with Crippen molar-refractivity contribution in [2.45, 2.75) is 67.4 Å². The van der Waals surface area contributed by atoms with Crippen molar-refractivity contribution < 1.29 is 53.4 Å². The number of hydrogen-bond acceptors (Lipinski definition) is 1. The highest BCUT2D eigenvalue weighted by atomic mass is 127. The molecule has 1 saturated carbocycles. The number of rotatable bonds is 7. The smallest absolute Gasteiger partial charge is 0.384 e. The van der Waals surface area contributed by atoms with Gasteiger partial charge in [0.05, 0.1) is 0 Å². The lowest BCUT2D eigenvalue weighted by Gasteiger charge is -2.51. The molecule has 1 nitrogen and oxygen atoms in total. The van der Waals surface area contributed by atoms with Gasteiger partial charge in [-0.25, -0.2) is 4.39 Å². The third-order valence-electron chi connectivity index (χ3n) is 4.17. The number of aliphatic hydroxyl groups excluding tert-OH is 1. The Morgan fingerprint density at radius 2 is 1.00 bits per heavy atom. The second kappa shape index (κ2) is 7.48. The highest BCUT2D eigenvalue weighted by molar-refractivity contribution is 14.1. The molecule has 0 aliphatic heterocycles. The van der Waals surface area contributed by atoms with Crippen LogP contribution < -0.4 is 0 Å². The Morgan fingerprint density at radius 3 is 1.41 bits per heavy atom. The molecular formula is C14H14F11IO. The number of aliphatic hydroxyl groups is 1. The zero-order valence-corrected chi connectivity index (χ0v) is 15.5. The normalized spacial score (nSPS) is 27.4. The fourth-order valence-electron chi connectivity index (χ4n) is 2.47. The molecule has 160 valence electrons. The summed E-state index contributed by atoms with van der Waals surface area (Å²) in [6, 6.07) is 0. The Kier molecular flexibility index (Phi) is 6.85. The molecule has 0 aromatic carbocycles. The zero-order valence-electron chi connectivity index (χ0n) is 13.3. The van der Waals surface area contributed by atoms with Crippen molar-refractivity contribution in [2.24, 2.45) is 0 Å². The summed E-state index contributed by atoms with van der Waals surface area (Å²) in [6.07, 6.45) is -0.136. The monoisotopic (exact) mass is 534 g/mol. The van der Waals surface area contributed by atoms with Crippen molar-refractivity contribution in [2.75, 3.05) is 6.61 Å². The summed E-state index contributed by atoms with van der Waals surface area (Å²) in [4.78, 5) is 0. The molecule has 1 aliphatic rings. The molecule has 0 unspecified atom stereocenters. The second-order valence-electron chi connectivity index (χ2n) is 6.06. The maximum atomic E-state index is 14.4. The maximum Gasteiger partial charge on any atom is 0.384 e. The Balaban J connectivity index is 3.34. The molecule has 1 rings (SSSR count). The molecule has 0 aromatic heterocycles. The van der Waals surface area contributed by atoms with Crippen molar-refractivity contribution in [3.05, 3.63) is 9.66 Å². The van der Waals surface area contributed by atoms with Crippen LogP contribution in [0.15, 0.2) is 9.66 Å². The Morgan fingerprint density at radius 1 is 0.630 bits per heavy atom. The van der Waals surface area contributed by atoms with Gasteiger partial charge in [-0.2, -0.15) is 43.9 Å². The van der Waals surface area contributed by atoms with Gasteiger partial charge in [-0.1, -0.05) is 12.8 Å². The molecule has 0 saturated heterocycles. The minimum Gasteiger partial charge on any atom is -0.396 e. The summed E-state index contributed by atoms with van der Waals surface area (Å²) in [5.74, 6) is -35.0. The van der Waals surface area contributed by atoms with Crippen LogP contribution in [0, 0.1) is 0 Å². The summed E-state index contributed by atoms with van der Waals surface area (Å²) in [5.41, 5.74) is -6.05. The molecule has 1 N–H and O–H groups in total. The maximum absolute atomic E-state index is 14.4. The Labute approximate surface area is 160 Å². The second-order valence-corrected chi connectivity index (χ2v) is 7.45. The first-order valence-corrected chi connectivity index (χ1v) is 8.59. The summed E-state index contributed by atoms with van der Waals surface area (Å²) >= 11 is 1.01. The fourth-order valence-corrected chi connectivity index (χ4v) is 3.28. The lowest BCUT2D eigenvalue weighted by Crippen LogP contribution is -2.83. The van der Waals surface area contributed by atoms with E-state index in [0.717, 1.165) is 22.6 Å². The Bertz CT molecular complexity index is 543. The summed E-state index contributed by atoms with van der Waals surface area (Å²) in [6.45, 7) is -0.169. The van der Waals surface area contributed by atoms with E-state index in [4.69, 9.17) is 5.11 Å². The first-order valence-electron chi connectivity index (χ1n) is 7.51. The van der Waals surface area contributed by atoms with E-state index in [1.165, 1.54) is 0 Å². The summed E-state index contributed by atoms with van der Waals surface area (Å²) in [5, 5.41) is 8.55. The van der Waals surface area contributed by atoms with Gasteiger partial charge in [0, 0.05) is 6.61 Å². The highest BCUT2D eigenvalue weighted by Crippen LogP contribution is 2.69. The molecule has 0 amide bonds. The molecule has 0 bridgehead atoms. The van der Waals surface area contributed by atoms with Crippen LogP contribution in [-0.4, -0.2) is 47.0 Å². The van der Waals surface area contributed by atoms with Crippen LogP contribution in [0.1, 0.15) is 32.1 Å². The van der Waals surface area contributed by atoms with Gasteiger partial charge in [0.25, 0.3) is 5.67 Å². The van der Waals surface area contributed by atoms with E-state index in [0.29, 0.717) is 19.3 Å². The van der Waals surface area contributed by atoms with Crippen molar-refractivity contribution >= 4 is 22.6 Å². The van der Waals surface area contributed by atoms with Crippen LogP contribution >= 0.6 is 22.6 Å². The van der Waals surface area contributed by atoms with E-state index in [-0.39, 0.29) is 13.0 Å². The van der Waals surface area contributed by atoms with E-state index >= 15 is 0 Å². The van der Waals surface area contributed by atoms with Crippen LogP contribution in [0.25, 0.3) is 0 Å². The molecule has 0 aromatic rings. The average Bonchev–Trinajstić information content (AvgIpc) is 2.52. The quantitative estimate of drug-likeness (QED) is 0.236.